The number of nitrogens with two attached hydrogens (primary N) is 1. The number of aliphatic hydroxyl groups is 1. The summed E-state index contributed by atoms with van der Waals surface area (Å²) in [5, 5.41) is 10.7. The van der Waals surface area contributed by atoms with Crippen molar-refractivity contribution in [1.29, 1.82) is 0 Å². The molecule has 5 heteroatoms. The summed E-state index contributed by atoms with van der Waals surface area (Å²) in [6.45, 7) is 12.1. The Balaban J connectivity index is 1.97. The Morgan fingerprint density at radius 2 is 2.17 bits per heavy atom. The van der Waals surface area contributed by atoms with E-state index in [9.17, 15) is 5.11 Å². The number of rotatable bonds is 9. The number of allylic oxidation sites excluding steroid dienone is 4. The second kappa shape index (κ2) is 11.0. The van der Waals surface area contributed by atoms with Crippen LogP contribution in [0.3, 0.4) is 0 Å². The topological polar surface area (TPSA) is 73.9 Å². The molecule has 1 saturated heterocycles. The van der Waals surface area contributed by atoms with Crippen LogP contribution in [0.15, 0.2) is 91.5 Å². The molecule has 3 N–H and O–H groups in total. The number of anilines is 1. The molecule has 29 heavy (non-hydrogen) atoms. The van der Waals surface area contributed by atoms with Gasteiger partial charge in [0.25, 0.3) is 0 Å². The van der Waals surface area contributed by atoms with Crippen molar-refractivity contribution in [2.75, 3.05) is 26.1 Å². The lowest BCUT2D eigenvalue weighted by atomic mass is 9.87. The molecule has 0 radical (unpaired) electrons. The molecule has 0 bridgehead atoms. The Kier molecular flexibility index (Phi) is 8.37. The van der Waals surface area contributed by atoms with Gasteiger partial charge in [0.15, 0.2) is 0 Å². The number of hydrogen-bond donors (Lipinski definition) is 2. The van der Waals surface area contributed by atoms with Gasteiger partial charge in [-0.05, 0) is 47.9 Å². The molecule has 0 aromatic heterocycles. The highest BCUT2D eigenvalue weighted by Crippen LogP contribution is 2.32. The Hall–Kier alpha value is -3.18. The zero-order valence-electron chi connectivity index (χ0n) is 16.8. The van der Waals surface area contributed by atoms with E-state index in [2.05, 4.69) is 19.7 Å². The maximum absolute atomic E-state index is 10.7. The summed E-state index contributed by atoms with van der Waals surface area (Å²) in [6.07, 6.45) is 10.1. The fourth-order valence-corrected chi connectivity index (χ4v) is 3.03. The number of nitrogen functional groups attached to an aromatic ring is 1. The molecule has 1 aliphatic rings. The van der Waals surface area contributed by atoms with E-state index in [1.807, 2.05) is 18.2 Å². The minimum atomic E-state index is -0.724. The van der Waals surface area contributed by atoms with E-state index in [0.717, 1.165) is 16.9 Å². The van der Waals surface area contributed by atoms with Gasteiger partial charge in [-0.1, -0.05) is 38.0 Å². The van der Waals surface area contributed by atoms with Crippen molar-refractivity contribution in [3.8, 4) is 5.75 Å². The van der Waals surface area contributed by atoms with Gasteiger partial charge in [0, 0.05) is 17.2 Å². The van der Waals surface area contributed by atoms with E-state index in [-0.39, 0.29) is 5.92 Å². The van der Waals surface area contributed by atoms with Crippen LogP contribution in [-0.4, -0.2) is 31.5 Å². The van der Waals surface area contributed by atoms with Crippen LogP contribution in [0.25, 0.3) is 0 Å². The molecular formula is C24H29NO4. The van der Waals surface area contributed by atoms with Crippen LogP contribution in [0.5, 0.6) is 5.75 Å². The van der Waals surface area contributed by atoms with Gasteiger partial charge >= 0.3 is 0 Å². The molecule has 0 saturated carbocycles. The summed E-state index contributed by atoms with van der Waals surface area (Å²) < 4.78 is 16.7. The fourth-order valence-electron chi connectivity index (χ4n) is 3.03. The van der Waals surface area contributed by atoms with Crippen molar-refractivity contribution in [3.05, 3.63) is 97.0 Å². The minimum absolute atomic E-state index is 0.144. The van der Waals surface area contributed by atoms with E-state index >= 15 is 0 Å². The van der Waals surface area contributed by atoms with Gasteiger partial charge in [-0.25, -0.2) is 0 Å². The van der Waals surface area contributed by atoms with E-state index in [4.69, 9.17) is 19.9 Å². The van der Waals surface area contributed by atoms with Crippen LogP contribution in [0.2, 0.25) is 0 Å². The highest BCUT2D eigenvalue weighted by atomic mass is 16.5. The normalized spacial score (nSPS) is 21.1. The van der Waals surface area contributed by atoms with Gasteiger partial charge in [-0.15, -0.1) is 0 Å². The number of aliphatic hydroxyl groups excluding tert-OH is 1. The molecule has 0 spiro atoms. The Morgan fingerprint density at radius 3 is 2.86 bits per heavy atom. The molecular weight excluding hydrogens is 366 g/mol. The van der Waals surface area contributed by atoms with Crippen LogP contribution in [0, 0.1) is 5.92 Å². The Labute approximate surface area is 172 Å². The first-order chi connectivity index (χ1) is 14.0. The smallest absolute Gasteiger partial charge is 0.124 e. The second-order valence-corrected chi connectivity index (χ2v) is 6.67. The van der Waals surface area contributed by atoms with Crippen molar-refractivity contribution in [1.82, 2.24) is 0 Å². The first kappa shape index (κ1) is 22.1. The summed E-state index contributed by atoms with van der Waals surface area (Å²) >= 11 is 0. The number of benzene rings is 1. The highest BCUT2D eigenvalue weighted by Gasteiger charge is 2.31. The van der Waals surface area contributed by atoms with E-state index in [1.54, 1.807) is 43.7 Å². The van der Waals surface area contributed by atoms with Crippen molar-refractivity contribution >= 4 is 5.69 Å². The predicted molar refractivity (Wildman–Crippen MR) is 117 cm³/mol. The maximum atomic E-state index is 10.7. The molecule has 0 aliphatic carbocycles. The summed E-state index contributed by atoms with van der Waals surface area (Å²) in [4.78, 5) is 0. The molecule has 0 unspecified atom stereocenters. The Bertz CT molecular complexity index is 835. The second-order valence-electron chi connectivity index (χ2n) is 6.67. The standard InChI is InChI=1S/C24H29NO4/c1-5-8-18(6-2)15-28-12-7-9-22-17(3)24(26)20(16-29-22)13-19-14-21(25)10-11-23(19)27-4/h5-12,14,20,24,26H,1-3,13,15-16,25H2,4H3/b12-7+,18-8+,22-9+/t20-,24+/m1/s1. The summed E-state index contributed by atoms with van der Waals surface area (Å²) in [6, 6.07) is 5.47. The van der Waals surface area contributed by atoms with E-state index in [1.165, 1.54) is 0 Å². The largest absolute Gasteiger partial charge is 0.497 e. The highest BCUT2D eigenvalue weighted by molar-refractivity contribution is 5.48. The number of methoxy groups -OCH3 is 1. The van der Waals surface area contributed by atoms with Crippen LogP contribution in [0.4, 0.5) is 5.69 Å². The molecule has 5 nitrogen and oxygen atoms in total. The van der Waals surface area contributed by atoms with Crippen LogP contribution < -0.4 is 10.5 Å². The molecule has 1 aliphatic heterocycles. The Morgan fingerprint density at radius 1 is 1.38 bits per heavy atom. The van der Waals surface area contributed by atoms with Crippen molar-refractivity contribution < 1.29 is 19.3 Å². The summed E-state index contributed by atoms with van der Waals surface area (Å²) in [5.74, 6) is 1.14. The molecule has 1 fully saturated rings. The maximum Gasteiger partial charge on any atom is 0.124 e. The van der Waals surface area contributed by atoms with Gasteiger partial charge in [-0.3, -0.25) is 0 Å². The third kappa shape index (κ3) is 6.16. The van der Waals surface area contributed by atoms with Crippen molar-refractivity contribution in [2.45, 2.75) is 12.5 Å². The van der Waals surface area contributed by atoms with Crippen LogP contribution >= 0.6 is 0 Å². The van der Waals surface area contributed by atoms with Crippen molar-refractivity contribution in [2.24, 2.45) is 5.92 Å². The van der Waals surface area contributed by atoms with Gasteiger partial charge in [0.2, 0.25) is 0 Å². The minimum Gasteiger partial charge on any atom is -0.497 e. The third-order valence-corrected chi connectivity index (χ3v) is 4.63. The average molecular weight is 395 g/mol. The third-order valence-electron chi connectivity index (χ3n) is 4.63. The molecule has 2 atom stereocenters. The predicted octanol–water partition coefficient (Wildman–Crippen LogP) is 4.10. The number of hydrogen-bond acceptors (Lipinski definition) is 5. The van der Waals surface area contributed by atoms with Gasteiger partial charge in [-0.2, -0.15) is 0 Å². The molecule has 2 rings (SSSR count). The van der Waals surface area contributed by atoms with Gasteiger partial charge in [0.05, 0.1) is 26.1 Å². The fraction of sp³-hybridized carbons (Fsp3) is 0.250. The lowest BCUT2D eigenvalue weighted by Gasteiger charge is -2.32. The van der Waals surface area contributed by atoms with Crippen molar-refractivity contribution in [3.63, 3.8) is 0 Å². The molecule has 0 amide bonds. The number of ether oxygens (including phenoxy) is 3. The quantitative estimate of drug-likeness (QED) is 0.374. The lowest BCUT2D eigenvalue weighted by Crippen LogP contribution is -2.34. The van der Waals surface area contributed by atoms with Gasteiger partial charge in [0.1, 0.15) is 18.1 Å². The van der Waals surface area contributed by atoms with E-state index < -0.39 is 6.10 Å². The first-order valence-corrected chi connectivity index (χ1v) is 9.35. The monoisotopic (exact) mass is 395 g/mol. The molecule has 1 aromatic rings. The zero-order chi connectivity index (χ0) is 21.2. The van der Waals surface area contributed by atoms with Crippen LogP contribution in [-0.2, 0) is 15.9 Å². The molecule has 154 valence electrons. The summed E-state index contributed by atoms with van der Waals surface area (Å²) in [7, 11) is 1.61. The van der Waals surface area contributed by atoms with Gasteiger partial charge < -0.3 is 25.1 Å². The molecule has 1 heterocycles. The first-order valence-electron chi connectivity index (χ1n) is 9.35. The average Bonchev–Trinajstić information content (AvgIpc) is 2.72. The van der Waals surface area contributed by atoms with E-state index in [0.29, 0.717) is 36.7 Å². The zero-order valence-corrected chi connectivity index (χ0v) is 16.8. The summed E-state index contributed by atoms with van der Waals surface area (Å²) in [5.41, 5.74) is 8.92. The SMILES string of the molecule is C=C/C=C(\C=C)CO/C=C/C=C1/OC[C@@H](Cc2cc(N)ccc2OC)[C@@H](O)C1=C. The van der Waals surface area contributed by atoms with Crippen LogP contribution in [0.1, 0.15) is 5.56 Å². The molecule has 1 aromatic carbocycles. The lowest BCUT2D eigenvalue weighted by molar-refractivity contribution is 0.0407.